The Kier molecular flexibility index (Phi) is 6.32. The zero-order valence-electron chi connectivity index (χ0n) is 22.5. The number of methoxy groups -OCH3 is 1. The van der Waals surface area contributed by atoms with Crippen LogP contribution in [0.15, 0.2) is 48.4 Å². The molecule has 0 saturated heterocycles. The van der Waals surface area contributed by atoms with Gasteiger partial charge in [-0.15, -0.1) is 11.3 Å². The maximum Gasteiger partial charge on any atom is 0.315 e. The third-order valence-corrected chi connectivity index (χ3v) is 8.55. The lowest BCUT2D eigenvalue weighted by Crippen LogP contribution is -2.55. The first kappa shape index (κ1) is 24.8. The second kappa shape index (κ2) is 9.67. The van der Waals surface area contributed by atoms with Crippen molar-refractivity contribution < 1.29 is 14.1 Å². The minimum absolute atomic E-state index is 0.121. The van der Waals surface area contributed by atoms with Gasteiger partial charge in [0.05, 0.1) is 50.9 Å². The summed E-state index contributed by atoms with van der Waals surface area (Å²) in [7, 11) is 7.98. The summed E-state index contributed by atoms with van der Waals surface area (Å²) in [5, 5.41) is 2.03. The van der Waals surface area contributed by atoms with Gasteiger partial charge in [-0.1, -0.05) is 12.5 Å². The lowest BCUT2D eigenvalue weighted by atomic mass is 9.90. The number of thiazole rings is 1. The summed E-state index contributed by atoms with van der Waals surface area (Å²) in [6.07, 6.45) is 10.5. The van der Waals surface area contributed by atoms with Crippen molar-refractivity contribution in [3.05, 3.63) is 65.2 Å². The molecule has 0 bridgehead atoms. The molecule has 1 aromatic carbocycles. The molecular formula is C30H34N5O2S+. The van der Waals surface area contributed by atoms with Gasteiger partial charge >= 0.3 is 5.91 Å². The third kappa shape index (κ3) is 4.12. The molecule has 0 saturated carbocycles. The molecule has 38 heavy (non-hydrogen) atoms. The standard InChI is InChI=1S/C30H34N5O2S/c1-35(2,3)34-13-7-5-6-10-22-27(26-18-32-19-38-26)28-24-16-23(21-9-8-12-31-17-21)25(37-4)15-20(24)11-14-33(28)29(22)30(34)36/h8-9,12,15-19H,5-7,10-11,13-14H2,1-4H3/q+1. The fourth-order valence-corrected chi connectivity index (χ4v) is 6.70. The van der Waals surface area contributed by atoms with Gasteiger partial charge in [-0.3, -0.25) is 14.8 Å². The van der Waals surface area contributed by atoms with Crippen molar-refractivity contribution in [3.63, 3.8) is 0 Å². The average molecular weight is 529 g/mol. The zero-order chi connectivity index (χ0) is 26.4. The predicted molar refractivity (Wildman–Crippen MR) is 151 cm³/mol. The molecule has 7 nitrogen and oxygen atoms in total. The molecule has 0 fully saturated rings. The fraction of sp³-hybridized carbons (Fsp3) is 0.367. The molecule has 8 heteroatoms. The Hall–Kier alpha value is -3.49. The van der Waals surface area contributed by atoms with E-state index in [2.05, 4.69) is 53.9 Å². The van der Waals surface area contributed by atoms with E-state index in [0.717, 1.165) is 83.9 Å². The number of nitrogens with zero attached hydrogens (tertiary/aromatic N) is 5. The van der Waals surface area contributed by atoms with Crippen LogP contribution in [0.25, 0.3) is 32.8 Å². The van der Waals surface area contributed by atoms with Gasteiger partial charge in [0, 0.05) is 47.4 Å². The summed E-state index contributed by atoms with van der Waals surface area (Å²) in [6, 6.07) is 8.43. The molecule has 196 valence electrons. The van der Waals surface area contributed by atoms with Crippen LogP contribution in [-0.4, -0.2) is 64.8 Å². The summed E-state index contributed by atoms with van der Waals surface area (Å²) in [5.41, 5.74) is 10.6. The van der Waals surface area contributed by atoms with Crippen molar-refractivity contribution in [3.8, 4) is 38.6 Å². The number of pyridine rings is 1. The van der Waals surface area contributed by atoms with E-state index < -0.39 is 0 Å². The van der Waals surface area contributed by atoms with Crippen LogP contribution in [0.4, 0.5) is 0 Å². The van der Waals surface area contributed by atoms with Gasteiger partial charge in [-0.05, 0) is 55.0 Å². The molecule has 5 heterocycles. The number of rotatable bonds is 4. The fourth-order valence-electron chi connectivity index (χ4n) is 6.00. The van der Waals surface area contributed by atoms with E-state index in [0.29, 0.717) is 4.59 Å². The molecule has 0 atom stereocenters. The zero-order valence-corrected chi connectivity index (χ0v) is 23.3. The smallest absolute Gasteiger partial charge is 0.315 e. The highest BCUT2D eigenvalue weighted by Gasteiger charge is 2.38. The molecule has 0 radical (unpaired) electrons. The summed E-state index contributed by atoms with van der Waals surface area (Å²) in [6.45, 7) is 1.52. The average Bonchev–Trinajstić information content (AvgIpc) is 3.56. The largest absolute Gasteiger partial charge is 0.496 e. The molecular weight excluding hydrogens is 494 g/mol. The lowest BCUT2D eigenvalue weighted by Gasteiger charge is -2.36. The minimum Gasteiger partial charge on any atom is -0.496 e. The van der Waals surface area contributed by atoms with Crippen LogP contribution in [0.2, 0.25) is 0 Å². The molecule has 3 aromatic heterocycles. The molecule has 2 aliphatic heterocycles. The van der Waals surface area contributed by atoms with E-state index in [1.54, 1.807) is 24.6 Å². The van der Waals surface area contributed by atoms with Crippen LogP contribution in [0, 0.1) is 0 Å². The van der Waals surface area contributed by atoms with Gasteiger partial charge in [0.25, 0.3) is 0 Å². The molecule has 2 aliphatic rings. The second-order valence-electron chi connectivity index (χ2n) is 11.0. The van der Waals surface area contributed by atoms with Crippen LogP contribution in [-0.2, 0) is 19.4 Å². The highest BCUT2D eigenvalue weighted by atomic mass is 32.1. The van der Waals surface area contributed by atoms with Gasteiger partial charge in [0.15, 0.2) is 0 Å². The van der Waals surface area contributed by atoms with Crippen molar-refractivity contribution in [2.45, 2.75) is 38.6 Å². The van der Waals surface area contributed by atoms with Gasteiger partial charge in [-0.2, -0.15) is 5.01 Å². The van der Waals surface area contributed by atoms with E-state index in [1.165, 1.54) is 16.7 Å². The van der Waals surface area contributed by atoms with Crippen LogP contribution in [0.1, 0.15) is 40.9 Å². The predicted octanol–water partition coefficient (Wildman–Crippen LogP) is 5.70. The number of amides is 1. The Balaban J connectivity index is 1.65. The van der Waals surface area contributed by atoms with Crippen molar-refractivity contribution in [2.75, 3.05) is 34.8 Å². The highest BCUT2D eigenvalue weighted by Crippen LogP contribution is 2.48. The van der Waals surface area contributed by atoms with Crippen molar-refractivity contribution >= 4 is 17.2 Å². The Morgan fingerprint density at radius 2 is 1.84 bits per heavy atom. The monoisotopic (exact) mass is 528 g/mol. The Labute approximate surface area is 227 Å². The van der Waals surface area contributed by atoms with Gasteiger partial charge in [0.1, 0.15) is 11.4 Å². The molecule has 0 spiro atoms. The number of carbonyl (C=O) groups is 1. The molecule has 4 aromatic rings. The van der Waals surface area contributed by atoms with E-state index in [4.69, 9.17) is 4.74 Å². The number of aryl methyl sites for hydroxylation is 1. The van der Waals surface area contributed by atoms with Crippen LogP contribution in [0.5, 0.6) is 5.75 Å². The molecule has 6 rings (SSSR count). The van der Waals surface area contributed by atoms with Crippen LogP contribution >= 0.6 is 11.3 Å². The number of hydrogen-bond acceptors (Lipinski definition) is 5. The lowest BCUT2D eigenvalue weighted by molar-refractivity contribution is -0.973. The Morgan fingerprint density at radius 1 is 0.974 bits per heavy atom. The molecule has 1 amide bonds. The summed E-state index contributed by atoms with van der Waals surface area (Å²) < 4.78 is 8.64. The minimum atomic E-state index is 0.121. The number of fused-ring (bicyclic) bond motifs is 5. The Bertz CT molecular complexity index is 1490. The number of aromatic nitrogens is 3. The highest BCUT2D eigenvalue weighted by molar-refractivity contribution is 7.13. The third-order valence-electron chi connectivity index (χ3n) is 7.76. The van der Waals surface area contributed by atoms with Gasteiger partial charge in [0.2, 0.25) is 0 Å². The number of benzene rings is 1. The molecule has 0 unspecified atom stereocenters. The van der Waals surface area contributed by atoms with Gasteiger partial charge in [-0.25, -0.2) is 4.59 Å². The first-order valence-corrected chi connectivity index (χ1v) is 14.2. The summed E-state index contributed by atoms with van der Waals surface area (Å²) >= 11 is 1.65. The number of ether oxygens (including phenoxy) is 1. The maximum atomic E-state index is 14.4. The molecule has 0 aliphatic carbocycles. The maximum absolute atomic E-state index is 14.4. The Morgan fingerprint density at radius 3 is 2.55 bits per heavy atom. The number of hydrogen-bond donors (Lipinski definition) is 0. The first-order chi connectivity index (χ1) is 18.4. The van der Waals surface area contributed by atoms with Crippen molar-refractivity contribution in [1.29, 1.82) is 0 Å². The SMILES string of the molecule is COc1cc2c(cc1-c1cccnc1)-c1c(-c3cncs3)c3c(n1CC2)C(=O)N([N+](C)(C)C)CCCCC3. The summed E-state index contributed by atoms with van der Waals surface area (Å²) in [5.74, 6) is 0.967. The molecule has 0 N–H and O–H groups in total. The second-order valence-corrected chi connectivity index (χ2v) is 11.8. The van der Waals surface area contributed by atoms with E-state index in [-0.39, 0.29) is 5.91 Å². The van der Waals surface area contributed by atoms with Crippen molar-refractivity contribution in [1.82, 2.24) is 19.5 Å². The topological polar surface area (TPSA) is 60.3 Å². The van der Waals surface area contributed by atoms with Gasteiger partial charge < -0.3 is 9.30 Å². The van der Waals surface area contributed by atoms with Crippen LogP contribution in [0.3, 0.4) is 0 Å². The summed E-state index contributed by atoms with van der Waals surface area (Å²) in [4.78, 5) is 24.3. The van der Waals surface area contributed by atoms with Crippen molar-refractivity contribution in [2.24, 2.45) is 0 Å². The van der Waals surface area contributed by atoms with E-state index in [1.807, 2.05) is 29.0 Å². The normalized spacial score (nSPS) is 15.7. The van der Waals surface area contributed by atoms with E-state index in [9.17, 15) is 4.79 Å². The quantitative estimate of drug-likeness (QED) is 0.319. The van der Waals surface area contributed by atoms with E-state index >= 15 is 0 Å². The number of quaternary nitrogens is 1. The first-order valence-electron chi connectivity index (χ1n) is 13.3. The van der Waals surface area contributed by atoms with Crippen LogP contribution < -0.4 is 4.74 Å². The number of carbonyl (C=O) groups excluding carboxylic acids is 1.